The van der Waals surface area contributed by atoms with Gasteiger partial charge in [0.05, 0.1) is 17.1 Å². The number of rotatable bonds is 8. The summed E-state index contributed by atoms with van der Waals surface area (Å²) in [6, 6.07) is 40.1. The molecule has 48 heavy (non-hydrogen) atoms. The third-order valence-electron chi connectivity index (χ3n) is 8.28. The summed E-state index contributed by atoms with van der Waals surface area (Å²) < 4.78 is 0. The highest BCUT2D eigenvalue weighted by Crippen LogP contribution is 2.37. The fourth-order valence-electron chi connectivity index (χ4n) is 5.93. The molecule has 7 rings (SSSR count). The number of para-hydroxylation sites is 3. The largest absolute Gasteiger partial charge is 0.361 e. The number of aryl methyl sites for hydroxylation is 2. The van der Waals surface area contributed by atoms with Gasteiger partial charge in [0.25, 0.3) is 11.8 Å². The molecule has 6 aromatic rings. The van der Waals surface area contributed by atoms with Crippen molar-refractivity contribution in [3.8, 4) is 0 Å². The Balaban J connectivity index is 1.10. The number of benzene rings is 5. The summed E-state index contributed by atoms with van der Waals surface area (Å²) in [4.78, 5) is 46.6. The molecule has 2 heterocycles. The highest BCUT2D eigenvalue weighted by molar-refractivity contribution is 8.00. The zero-order valence-electron chi connectivity index (χ0n) is 26.0. The molecule has 3 amide bonds. The van der Waals surface area contributed by atoms with Crippen molar-refractivity contribution in [3.05, 3.63) is 162 Å². The molecular weight excluding hydrogens is 617 g/mol. The van der Waals surface area contributed by atoms with Crippen molar-refractivity contribution in [1.29, 1.82) is 0 Å². The SMILES string of the molecule is O=C(Nc1cccc(SCC(=O)N2c3ccccc3CCc3ccccc32)c1)/C(=C/c1c[nH]c2ccccc12)NC(=O)c1ccccc1. The second-order valence-corrected chi connectivity index (χ2v) is 12.5. The van der Waals surface area contributed by atoms with Crippen LogP contribution in [0.3, 0.4) is 0 Å². The van der Waals surface area contributed by atoms with Crippen molar-refractivity contribution in [1.82, 2.24) is 10.3 Å². The summed E-state index contributed by atoms with van der Waals surface area (Å²) >= 11 is 1.41. The molecule has 0 spiro atoms. The van der Waals surface area contributed by atoms with Crippen LogP contribution in [0.1, 0.15) is 27.0 Å². The second kappa shape index (κ2) is 13.9. The monoisotopic (exact) mass is 648 g/mol. The number of anilines is 3. The normalized spacial score (nSPS) is 12.5. The van der Waals surface area contributed by atoms with Crippen LogP contribution in [-0.2, 0) is 22.4 Å². The van der Waals surface area contributed by atoms with E-state index in [2.05, 4.69) is 27.8 Å². The molecule has 0 radical (unpaired) electrons. The van der Waals surface area contributed by atoms with E-state index in [0.29, 0.717) is 11.3 Å². The van der Waals surface area contributed by atoms with Gasteiger partial charge in [-0.3, -0.25) is 19.3 Å². The minimum Gasteiger partial charge on any atom is -0.361 e. The van der Waals surface area contributed by atoms with Crippen LogP contribution in [0.2, 0.25) is 0 Å². The van der Waals surface area contributed by atoms with Gasteiger partial charge in [0.2, 0.25) is 5.91 Å². The van der Waals surface area contributed by atoms with Gasteiger partial charge in [-0.15, -0.1) is 11.8 Å². The van der Waals surface area contributed by atoms with Crippen molar-refractivity contribution < 1.29 is 14.4 Å². The number of nitrogens with one attached hydrogen (secondary N) is 3. The topological polar surface area (TPSA) is 94.3 Å². The molecule has 0 fully saturated rings. The van der Waals surface area contributed by atoms with Gasteiger partial charge < -0.3 is 15.6 Å². The first-order valence-corrected chi connectivity index (χ1v) is 16.7. The minimum atomic E-state index is -0.472. The zero-order chi connectivity index (χ0) is 32.9. The van der Waals surface area contributed by atoms with E-state index in [-0.39, 0.29) is 17.4 Å². The van der Waals surface area contributed by atoms with Crippen LogP contribution in [0, 0.1) is 0 Å². The number of thioether (sulfide) groups is 1. The van der Waals surface area contributed by atoms with Gasteiger partial charge >= 0.3 is 0 Å². The lowest BCUT2D eigenvalue weighted by molar-refractivity contribution is -0.115. The lowest BCUT2D eigenvalue weighted by atomic mass is 10.0. The van der Waals surface area contributed by atoms with Crippen LogP contribution >= 0.6 is 11.8 Å². The quantitative estimate of drug-likeness (QED) is 0.115. The van der Waals surface area contributed by atoms with Gasteiger partial charge in [-0.05, 0) is 78.6 Å². The van der Waals surface area contributed by atoms with Crippen molar-refractivity contribution in [2.75, 3.05) is 16.0 Å². The predicted molar refractivity (Wildman–Crippen MR) is 193 cm³/mol. The lowest BCUT2D eigenvalue weighted by Gasteiger charge is -2.25. The second-order valence-electron chi connectivity index (χ2n) is 11.4. The van der Waals surface area contributed by atoms with Crippen LogP contribution in [-0.4, -0.2) is 28.5 Å². The van der Waals surface area contributed by atoms with Gasteiger partial charge in [0, 0.05) is 38.8 Å². The van der Waals surface area contributed by atoms with Gasteiger partial charge in [0.1, 0.15) is 5.70 Å². The summed E-state index contributed by atoms with van der Waals surface area (Å²) in [7, 11) is 0. The molecule has 0 atom stereocenters. The molecule has 3 N–H and O–H groups in total. The van der Waals surface area contributed by atoms with Crippen LogP contribution < -0.4 is 15.5 Å². The molecule has 0 aliphatic carbocycles. The number of H-pyrrole nitrogens is 1. The number of amides is 3. The average molecular weight is 649 g/mol. The molecule has 0 saturated heterocycles. The molecule has 0 unspecified atom stereocenters. The summed E-state index contributed by atoms with van der Waals surface area (Å²) in [5.74, 6) is -0.681. The predicted octanol–water partition coefficient (Wildman–Crippen LogP) is 8.13. The van der Waals surface area contributed by atoms with E-state index in [4.69, 9.17) is 0 Å². The van der Waals surface area contributed by atoms with Gasteiger partial charge in [0.15, 0.2) is 0 Å². The van der Waals surface area contributed by atoms with Gasteiger partial charge in [-0.2, -0.15) is 0 Å². The van der Waals surface area contributed by atoms with Crippen LogP contribution in [0.25, 0.3) is 17.0 Å². The minimum absolute atomic E-state index is 0.0242. The number of hydrogen-bond donors (Lipinski definition) is 3. The molecular formula is C40H32N4O3S. The third kappa shape index (κ3) is 6.65. The van der Waals surface area contributed by atoms with E-state index in [1.54, 1.807) is 36.4 Å². The van der Waals surface area contributed by atoms with Crippen LogP contribution in [0.15, 0.2) is 144 Å². The van der Waals surface area contributed by atoms with Gasteiger partial charge in [-0.1, -0.05) is 78.9 Å². The lowest BCUT2D eigenvalue weighted by Crippen LogP contribution is -2.30. The standard InChI is InChI=1S/C40H32N4O3S/c45-38(44-36-19-8-4-11-27(36)21-22-28-12-5-9-20-37(28)44)26-48-32-16-10-15-31(24-32)42-40(47)35(43-39(46)29-13-2-1-3-14-29)23-30-25-41-34-18-7-6-17-33(30)34/h1-20,23-25,41H,21-22,26H2,(H,42,47)(H,43,46)/b35-23-. The Kier molecular flexibility index (Phi) is 8.89. The maximum Gasteiger partial charge on any atom is 0.272 e. The van der Waals surface area contributed by atoms with Gasteiger partial charge in [-0.25, -0.2) is 0 Å². The fourth-order valence-corrected chi connectivity index (χ4v) is 6.74. The smallest absolute Gasteiger partial charge is 0.272 e. The molecule has 1 aromatic heterocycles. The van der Waals surface area contributed by atoms with E-state index in [9.17, 15) is 14.4 Å². The van der Waals surface area contributed by atoms with Crippen molar-refractivity contribution in [2.45, 2.75) is 17.7 Å². The Morgan fingerprint density at radius 1 is 0.750 bits per heavy atom. The van der Waals surface area contributed by atoms with Crippen LogP contribution in [0.5, 0.6) is 0 Å². The number of nitrogens with zero attached hydrogens (tertiary/aromatic N) is 1. The number of carbonyl (C=O) groups excluding carboxylic acids is 3. The highest BCUT2D eigenvalue weighted by Gasteiger charge is 2.25. The molecule has 236 valence electrons. The van der Waals surface area contributed by atoms with Crippen molar-refractivity contribution in [2.24, 2.45) is 0 Å². The van der Waals surface area contributed by atoms with E-state index in [1.165, 1.54) is 11.8 Å². The summed E-state index contributed by atoms with van der Waals surface area (Å²) in [6.45, 7) is 0. The molecule has 0 saturated carbocycles. The first-order chi connectivity index (χ1) is 23.5. The van der Waals surface area contributed by atoms with Crippen molar-refractivity contribution in [3.63, 3.8) is 0 Å². The summed E-state index contributed by atoms with van der Waals surface area (Å²) in [5.41, 5.74) is 6.89. The number of fused-ring (bicyclic) bond motifs is 3. The highest BCUT2D eigenvalue weighted by atomic mass is 32.2. The van der Waals surface area contributed by atoms with E-state index in [0.717, 1.165) is 56.7 Å². The molecule has 1 aliphatic rings. The Hall–Kier alpha value is -5.86. The Bertz CT molecular complexity index is 2120. The molecule has 7 nitrogen and oxygen atoms in total. The number of carbonyl (C=O) groups is 3. The summed E-state index contributed by atoms with van der Waals surface area (Å²) in [6.07, 6.45) is 5.22. The number of aromatic nitrogens is 1. The Labute approximate surface area is 282 Å². The summed E-state index contributed by atoms with van der Waals surface area (Å²) in [5, 5.41) is 6.68. The maximum atomic E-state index is 13.9. The first kappa shape index (κ1) is 30.8. The van der Waals surface area contributed by atoms with E-state index < -0.39 is 11.8 Å². The third-order valence-corrected chi connectivity index (χ3v) is 9.26. The number of aromatic amines is 1. The fraction of sp³-hybridized carbons (Fsp3) is 0.0750. The first-order valence-electron chi connectivity index (χ1n) is 15.7. The van der Waals surface area contributed by atoms with Crippen molar-refractivity contribution >= 4 is 63.5 Å². The molecule has 5 aromatic carbocycles. The van der Waals surface area contributed by atoms with Crippen LogP contribution in [0.4, 0.5) is 17.1 Å². The average Bonchev–Trinajstić information content (AvgIpc) is 3.45. The zero-order valence-corrected chi connectivity index (χ0v) is 26.8. The molecule has 1 aliphatic heterocycles. The van der Waals surface area contributed by atoms with E-state index in [1.807, 2.05) is 96.0 Å². The maximum absolute atomic E-state index is 13.9. The Morgan fingerprint density at radius 2 is 1.42 bits per heavy atom. The van der Waals surface area contributed by atoms with E-state index >= 15 is 0 Å². The Morgan fingerprint density at radius 3 is 2.17 bits per heavy atom. The molecule has 8 heteroatoms. The number of hydrogen-bond acceptors (Lipinski definition) is 4. The molecule has 0 bridgehead atoms.